The lowest BCUT2D eigenvalue weighted by Crippen LogP contribution is -2.39. The van der Waals surface area contributed by atoms with E-state index < -0.39 is 8.32 Å². The summed E-state index contributed by atoms with van der Waals surface area (Å²) in [6.45, 7) is 14.1. The Hall–Kier alpha value is -0.773. The summed E-state index contributed by atoms with van der Waals surface area (Å²) in [5, 5.41) is 0.183. The van der Waals surface area contributed by atoms with Gasteiger partial charge in [0.2, 0.25) is 8.32 Å². The molecule has 16 heavy (non-hydrogen) atoms. The summed E-state index contributed by atoms with van der Waals surface area (Å²) in [6, 6.07) is 0. The predicted molar refractivity (Wildman–Crippen MR) is 68.7 cm³/mol. The molecule has 0 bridgehead atoms. The lowest BCUT2D eigenvalue weighted by Gasteiger charge is -2.35. The second-order valence-electron chi connectivity index (χ2n) is 5.52. The SMILES string of the molecule is CC(=O)OC(C)C=CO[Si](C)(C)C(C)(C)C. The molecule has 0 rings (SSSR count). The molecule has 4 heteroatoms. The molecule has 0 heterocycles. The highest BCUT2D eigenvalue weighted by molar-refractivity contribution is 6.74. The first-order valence-corrected chi connectivity index (χ1v) is 8.49. The van der Waals surface area contributed by atoms with E-state index in [-0.39, 0.29) is 17.1 Å². The Labute approximate surface area is 100.0 Å². The molecule has 0 saturated carbocycles. The first kappa shape index (κ1) is 15.2. The van der Waals surface area contributed by atoms with Crippen LogP contribution < -0.4 is 0 Å². The summed E-state index contributed by atoms with van der Waals surface area (Å²) in [6.07, 6.45) is 3.20. The van der Waals surface area contributed by atoms with Crippen LogP contribution >= 0.6 is 0 Å². The average Bonchev–Trinajstić information content (AvgIpc) is 1.99. The van der Waals surface area contributed by atoms with E-state index in [2.05, 4.69) is 33.9 Å². The normalized spacial score (nSPS) is 14.9. The van der Waals surface area contributed by atoms with E-state index in [1.165, 1.54) is 6.92 Å². The van der Waals surface area contributed by atoms with E-state index in [9.17, 15) is 4.79 Å². The molecule has 0 saturated heterocycles. The van der Waals surface area contributed by atoms with Crippen LogP contribution in [0.3, 0.4) is 0 Å². The molecule has 0 aromatic carbocycles. The summed E-state index contributed by atoms with van der Waals surface area (Å²) < 4.78 is 10.8. The van der Waals surface area contributed by atoms with Crippen LogP contribution in [0.25, 0.3) is 0 Å². The van der Waals surface area contributed by atoms with Crippen molar-refractivity contribution in [2.75, 3.05) is 0 Å². The second kappa shape index (κ2) is 5.52. The van der Waals surface area contributed by atoms with Gasteiger partial charge in [-0.3, -0.25) is 4.79 Å². The Morgan fingerprint density at radius 2 is 1.81 bits per heavy atom. The largest absolute Gasteiger partial charge is 0.549 e. The van der Waals surface area contributed by atoms with Crippen molar-refractivity contribution in [3.8, 4) is 0 Å². The van der Waals surface area contributed by atoms with Gasteiger partial charge in [-0.2, -0.15) is 0 Å². The highest BCUT2D eigenvalue weighted by Crippen LogP contribution is 2.36. The minimum absolute atomic E-state index is 0.183. The number of hydrogen-bond acceptors (Lipinski definition) is 3. The standard InChI is InChI=1S/C12H24O3Si/c1-10(15-11(2)13)8-9-14-16(6,7)12(3,4)5/h8-10H,1-7H3. The van der Waals surface area contributed by atoms with Crippen LogP contribution in [0.2, 0.25) is 18.1 Å². The highest BCUT2D eigenvalue weighted by atomic mass is 28.4. The van der Waals surface area contributed by atoms with E-state index >= 15 is 0 Å². The van der Waals surface area contributed by atoms with Crippen LogP contribution in [-0.4, -0.2) is 20.4 Å². The van der Waals surface area contributed by atoms with Crippen molar-refractivity contribution < 1.29 is 14.0 Å². The number of carbonyl (C=O) groups is 1. The van der Waals surface area contributed by atoms with Gasteiger partial charge in [0.05, 0.1) is 6.26 Å². The molecule has 0 aliphatic heterocycles. The van der Waals surface area contributed by atoms with Crippen LogP contribution in [0, 0.1) is 0 Å². The molecule has 1 unspecified atom stereocenters. The highest BCUT2D eigenvalue weighted by Gasteiger charge is 2.37. The minimum Gasteiger partial charge on any atom is -0.549 e. The maximum Gasteiger partial charge on any atom is 0.303 e. The van der Waals surface area contributed by atoms with Gasteiger partial charge in [-0.25, -0.2) is 0 Å². The zero-order valence-corrected chi connectivity index (χ0v) is 12.5. The smallest absolute Gasteiger partial charge is 0.303 e. The summed E-state index contributed by atoms with van der Waals surface area (Å²) >= 11 is 0. The Kier molecular flexibility index (Phi) is 5.26. The summed E-state index contributed by atoms with van der Waals surface area (Å²) in [4.78, 5) is 10.7. The molecule has 0 spiro atoms. The molecule has 0 aliphatic carbocycles. The monoisotopic (exact) mass is 244 g/mol. The van der Waals surface area contributed by atoms with Crippen LogP contribution in [0.15, 0.2) is 12.3 Å². The molecule has 0 N–H and O–H groups in total. The zero-order chi connectivity index (χ0) is 13.0. The van der Waals surface area contributed by atoms with Gasteiger partial charge in [0.1, 0.15) is 6.10 Å². The number of rotatable bonds is 4. The van der Waals surface area contributed by atoms with E-state index in [1.54, 1.807) is 12.3 Å². The van der Waals surface area contributed by atoms with Crippen molar-refractivity contribution in [3.63, 3.8) is 0 Å². The molecule has 0 amide bonds. The van der Waals surface area contributed by atoms with Gasteiger partial charge in [0.25, 0.3) is 0 Å². The van der Waals surface area contributed by atoms with Gasteiger partial charge in [-0.05, 0) is 31.1 Å². The van der Waals surface area contributed by atoms with Gasteiger partial charge in [-0.1, -0.05) is 20.8 Å². The number of carbonyl (C=O) groups excluding carboxylic acids is 1. The minimum atomic E-state index is -1.74. The molecule has 3 nitrogen and oxygen atoms in total. The molecular weight excluding hydrogens is 220 g/mol. The van der Waals surface area contributed by atoms with Gasteiger partial charge in [0.15, 0.2) is 0 Å². The van der Waals surface area contributed by atoms with Crippen LogP contribution in [0.5, 0.6) is 0 Å². The van der Waals surface area contributed by atoms with Crippen molar-refractivity contribution in [1.29, 1.82) is 0 Å². The van der Waals surface area contributed by atoms with Crippen molar-refractivity contribution in [1.82, 2.24) is 0 Å². The topological polar surface area (TPSA) is 35.5 Å². The maximum atomic E-state index is 10.7. The van der Waals surface area contributed by atoms with Crippen LogP contribution in [0.4, 0.5) is 0 Å². The number of hydrogen-bond donors (Lipinski definition) is 0. The first-order chi connectivity index (χ1) is 7.06. The molecule has 1 atom stereocenters. The fourth-order valence-corrected chi connectivity index (χ4v) is 1.57. The number of ether oxygens (including phenoxy) is 1. The molecular formula is C12H24O3Si. The fraction of sp³-hybridized carbons (Fsp3) is 0.750. The molecule has 0 aromatic rings. The molecule has 0 fully saturated rings. The Bertz CT molecular complexity index is 264. The van der Waals surface area contributed by atoms with E-state index in [4.69, 9.17) is 9.16 Å². The van der Waals surface area contributed by atoms with E-state index in [0.29, 0.717) is 0 Å². The van der Waals surface area contributed by atoms with Crippen molar-refractivity contribution in [2.24, 2.45) is 0 Å². The molecule has 0 aliphatic rings. The molecule has 0 radical (unpaired) electrons. The maximum absolute atomic E-state index is 10.7. The zero-order valence-electron chi connectivity index (χ0n) is 11.5. The second-order valence-corrected chi connectivity index (χ2v) is 10.3. The quantitative estimate of drug-likeness (QED) is 0.431. The predicted octanol–water partition coefficient (Wildman–Crippen LogP) is 3.47. The van der Waals surface area contributed by atoms with Crippen LogP contribution in [-0.2, 0) is 14.0 Å². The molecule has 0 aromatic heterocycles. The third-order valence-corrected chi connectivity index (χ3v) is 7.21. The van der Waals surface area contributed by atoms with Crippen molar-refractivity contribution >= 4 is 14.3 Å². The van der Waals surface area contributed by atoms with Gasteiger partial charge < -0.3 is 9.16 Å². The van der Waals surface area contributed by atoms with Gasteiger partial charge in [0, 0.05) is 6.92 Å². The Balaban J connectivity index is 4.24. The third-order valence-electron chi connectivity index (χ3n) is 2.87. The fourth-order valence-electron chi connectivity index (χ4n) is 0.798. The first-order valence-electron chi connectivity index (χ1n) is 5.58. The Morgan fingerprint density at radius 1 is 1.31 bits per heavy atom. The van der Waals surface area contributed by atoms with E-state index in [0.717, 1.165) is 0 Å². The lowest BCUT2D eigenvalue weighted by molar-refractivity contribution is -0.143. The lowest BCUT2D eigenvalue weighted by atomic mass is 10.2. The van der Waals surface area contributed by atoms with Crippen LogP contribution in [0.1, 0.15) is 34.6 Å². The van der Waals surface area contributed by atoms with Crippen molar-refractivity contribution in [2.45, 2.75) is 58.9 Å². The number of esters is 1. The molecule has 94 valence electrons. The van der Waals surface area contributed by atoms with Crippen molar-refractivity contribution in [3.05, 3.63) is 12.3 Å². The summed E-state index contributed by atoms with van der Waals surface area (Å²) in [7, 11) is -1.74. The average molecular weight is 244 g/mol. The summed E-state index contributed by atoms with van der Waals surface area (Å²) in [5.41, 5.74) is 0. The third kappa shape index (κ3) is 5.35. The van der Waals surface area contributed by atoms with Gasteiger partial charge >= 0.3 is 5.97 Å². The van der Waals surface area contributed by atoms with Gasteiger partial charge in [-0.15, -0.1) is 0 Å². The summed E-state index contributed by atoms with van der Waals surface area (Å²) in [5.74, 6) is -0.274. The Morgan fingerprint density at radius 3 is 2.19 bits per heavy atom. The van der Waals surface area contributed by atoms with E-state index in [1.807, 2.05) is 6.92 Å².